The van der Waals surface area contributed by atoms with E-state index in [0.29, 0.717) is 30.3 Å². The predicted octanol–water partition coefficient (Wildman–Crippen LogP) is 4.98. The van der Waals surface area contributed by atoms with Gasteiger partial charge in [-0.15, -0.1) is 0 Å². The second-order valence-corrected chi connectivity index (χ2v) is 15.0. The van der Waals surface area contributed by atoms with Crippen LogP contribution in [-0.4, -0.2) is 98.4 Å². The van der Waals surface area contributed by atoms with E-state index in [0.717, 1.165) is 93.2 Å². The Morgan fingerprint density at radius 1 is 0.821 bits per heavy atom. The Hall–Kier alpha value is -5.67. The number of anilines is 2. The van der Waals surface area contributed by atoms with Gasteiger partial charge in [-0.25, -0.2) is 9.97 Å². The van der Waals surface area contributed by atoms with Crippen LogP contribution in [0.3, 0.4) is 0 Å². The lowest BCUT2D eigenvalue weighted by atomic mass is 9.95. The van der Waals surface area contributed by atoms with Crippen molar-refractivity contribution in [2.24, 2.45) is 0 Å². The molecular formula is C41H40F3N9O3. The number of imidazole rings is 1. The maximum absolute atomic E-state index is 13.5. The maximum Gasteiger partial charge on any atom is 0.434 e. The van der Waals surface area contributed by atoms with Gasteiger partial charge < -0.3 is 4.90 Å². The fourth-order valence-electron chi connectivity index (χ4n) is 8.66. The number of amides is 3. The molecule has 15 heteroatoms. The van der Waals surface area contributed by atoms with Crippen LogP contribution >= 0.6 is 0 Å². The highest BCUT2D eigenvalue weighted by Gasteiger charge is 2.41. The summed E-state index contributed by atoms with van der Waals surface area (Å²) in [6, 6.07) is 20.1. The average molecular weight is 764 g/mol. The molecule has 0 aliphatic carbocycles. The largest absolute Gasteiger partial charge is 0.434 e. The van der Waals surface area contributed by atoms with E-state index in [1.165, 1.54) is 15.7 Å². The van der Waals surface area contributed by atoms with Crippen LogP contribution in [-0.2, 0) is 28.7 Å². The highest BCUT2D eigenvalue weighted by Crippen LogP contribution is 2.41. The summed E-state index contributed by atoms with van der Waals surface area (Å²) in [4.78, 5) is 59.0. The zero-order chi connectivity index (χ0) is 38.6. The number of nitrogens with one attached hydrogen (secondary N) is 1. The molecule has 6 heterocycles. The summed E-state index contributed by atoms with van der Waals surface area (Å²) < 4.78 is 40.3. The Balaban J connectivity index is 0.776. The number of piperazine rings is 1. The van der Waals surface area contributed by atoms with Gasteiger partial charge in [0.2, 0.25) is 17.8 Å². The van der Waals surface area contributed by atoms with Crippen molar-refractivity contribution < 1.29 is 27.6 Å². The minimum atomic E-state index is -4.52. The summed E-state index contributed by atoms with van der Waals surface area (Å²) in [5.74, 6) is -0.0765. The van der Waals surface area contributed by atoms with Crippen molar-refractivity contribution >= 4 is 40.0 Å². The van der Waals surface area contributed by atoms with Crippen molar-refractivity contribution in [3.05, 3.63) is 107 Å². The Morgan fingerprint density at radius 2 is 1.59 bits per heavy atom. The number of piperidine rings is 2. The number of carbonyl (C=O) groups is 3. The first-order valence-corrected chi connectivity index (χ1v) is 19.0. The Kier molecular flexibility index (Phi) is 9.28. The van der Waals surface area contributed by atoms with Gasteiger partial charge in [-0.1, -0.05) is 42.5 Å². The zero-order valence-electron chi connectivity index (χ0n) is 30.6. The van der Waals surface area contributed by atoms with E-state index in [1.807, 2.05) is 30.3 Å². The normalized spacial score (nSPS) is 20.0. The van der Waals surface area contributed by atoms with Gasteiger partial charge in [-0.3, -0.25) is 39.0 Å². The fourth-order valence-corrected chi connectivity index (χ4v) is 8.66. The molecule has 56 heavy (non-hydrogen) atoms. The van der Waals surface area contributed by atoms with Gasteiger partial charge in [0.05, 0.1) is 5.69 Å². The molecule has 0 spiro atoms. The van der Waals surface area contributed by atoms with Gasteiger partial charge >= 0.3 is 6.18 Å². The molecule has 3 saturated heterocycles. The summed E-state index contributed by atoms with van der Waals surface area (Å²) >= 11 is 0. The van der Waals surface area contributed by atoms with Crippen LogP contribution in [0.5, 0.6) is 0 Å². The van der Waals surface area contributed by atoms with E-state index in [9.17, 15) is 27.6 Å². The zero-order valence-corrected chi connectivity index (χ0v) is 30.6. The standard InChI is InChI=1S/C41H40F3N9O3/c42-41(43,44)34-24-52(25-46-34)40-45-15-12-35(47-40)51-16-13-29(14-17-51)50-20-18-49(19-21-50)23-27-6-4-26(5-7-27)22-28-8-9-32-37-30(28)2-1-3-31(37)39(56)53(32)33-10-11-36(54)48-38(33)55/h1-9,12,15,24-25,29,33H,10-11,13-14,16-23H2,(H,48,54,55). The van der Waals surface area contributed by atoms with Crippen molar-refractivity contribution in [3.63, 3.8) is 0 Å². The molecule has 4 aliphatic rings. The van der Waals surface area contributed by atoms with Crippen LogP contribution in [0.2, 0.25) is 0 Å². The van der Waals surface area contributed by atoms with Crippen LogP contribution < -0.4 is 15.1 Å². The maximum atomic E-state index is 13.5. The first kappa shape index (κ1) is 36.0. The SMILES string of the molecule is O=C1CCC(N2C(=O)c3cccc4c(Cc5ccc(CN6CCN(C7CCN(c8ccnc(-n9cnc(C(F)(F)F)c9)n8)CC7)CC6)cc5)ccc2c34)C(=O)N1. The number of carbonyl (C=O) groups excluding carboxylic acids is 3. The number of alkyl halides is 3. The first-order chi connectivity index (χ1) is 27.1. The molecule has 1 N–H and O–H groups in total. The highest BCUT2D eigenvalue weighted by atomic mass is 19.4. The van der Waals surface area contributed by atoms with Crippen LogP contribution in [0.1, 0.15) is 58.4 Å². The first-order valence-electron chi connectivity index (χ1n) is 19.0. The van der Waals surface area contributed by atoms with Crippen molar-refractivity contribution in [2.45, 2.75) is 56.9 Å². The number of rotatable bonds is 8. The molecule has 4 aliphatic heterocycles. The molecule has 3 fully saturated rings. The molecule has 288 valence electrons. The van der Waals surface area contributed by atoms with Gasteiger partial charge in [0.15, 0.2) is 5.69 Å². The molecule has 3 aromatic carbocycles. The minimum absolute atomic E-state index is 0.163. The summed E-state index contributed by atoms with van der Waals surface area (Å²) in [6.45, 7) is 6.46. The Labute approximate surface area is 320 Å². The predicted molar refractivity (Wildman–Crippen MR) is 202 cm³/mol. The molecule has 1 unspecified atom stereocenters. The molecule has 3 amide bonds. The van der Waals surface area contributed by atoms with E-state index in [4.69, 9.17) is 0 Å². The van der Waals surface area contributed by atoms with E-state index >= 15 is 0 Å². The number of halogens is 3. The van der Waals surface area contributed by atoms with Crippen molar-refractivity contribution in [1.82, 2.24) is 34.6 Å². The minimum Gasteiger partial charge on any atom is -0.356 e. The van der Waals surface area contributed by atoms with Crippen LogP contribution in [0, 0.1) is 0 Å². The lowest BCUT2D eigenvalue weighted by molar-refractivity contribution is -0.141. The number of hydrogen-bond donors (Lipinski definition) is 1. The summed E-state index contributed by atoms with van der Waals surface area (Å²) in [5, 5.41) is 4.24. The Morgan fingerprint density at radius 3 is 2.32 bits per heavy atom. The lowest BCUT2D eigenvalue weighted by Gasteiger charge is -2.43. The number of hydrogen-bond acceptors (Lipinski definition) is 9. The summed E-state index contributed by atoms with van der Waals surface area (Å²) in [6.07, 6.45) is 2.24. The van der Waals surface area contributed by atoms with Crippen molar-refractivity contribution in [3.8, 4) is 5.95 Å². The van der Waals surface area contributed by atoms with Gasteiger partial charge in [0, 0.05) is 81.6 Å². The molecular weight excluding hydrogens is 724 g/mol. The van der Waals surface area contributed by atoms with Gasteiger partial charge in [0.25, 0.3) is 5.91 Å². The number of aromatic nitrogens is 4. The quantitative estimate of drug-likeness (QED) is 0.219. The smallest absolute Gasteiger partial charge is 0.356 e. The fraction of sp³-hybridized carbons (Fsp3) is 0.366. The monoisotopic (exact) mass is 763 g/mol. The van der Waals surface area contributed by atoms with Crippen LogP contribution in [0.25, 0.3) is 16.7 Å². The van der Waals surface area contributed by atoms with E-state index in [-0.39, 0.29) is 24.2 Å². The number of benzene rings is 3. The third-order valence-electron chi connectivity index (χ3n) is 11.6. The second kappa shape index (κ2) is 14.4. The Bertz CT molecular complexity index is 2310. The average Bonchev–Trinajstić information content (AvgIpc) is 3.82. The van der Waals surface area contributed by atoms with Gasteiger partial charge in [-0.2, -0.15) is 18.2 Å². The molecule has 0 saturated carbocycles. The number of nitrogens with zero attached hydrogens (tertiary/aromatic N) is 8. The third-order valence-corrected chi connectivity index (χ3v) is 11.6. The second-order valence-electron chi connectivity index (χ2n) is 15.0. The molecule has 1 atom stereocenters. The molecule has 0 radical (unpaired) electrons. The van der Waals surface area contributed by atoms with E-state index in [1.54, 1.807) is 17.2 Å². The molecule has 9 rings (SSSR count). The van der Waals surface area contributed by atoms with Gasteiger partial charge in [-0.05, 0) is 66.0 Å². The highest BCUT2D eigenvalue weighted by molar-refractivity contribution is 6.27. The molecule has 0 bridgehead atoms. The van der Waals surface area contributed by atoms with E-state index in [2.05, 4.69) is 59.2 Å². The van der Waals surface area contributed by atoms with Crippen LogP contribution in [0.15, 0.2) is 79.4 Å². The topological polar surface area (TPSA) is 120 Å². The van der Waals surface area contributed by atoms with Crippen molar-refractivity contribution in [1.29, 1.82) is 0 Å². The summed E-state index contributed by atoms with van der Waals surface area (Å²) in [5.41, 5.74) is 3.87. The number of imide groups is 1. The van der Waals surface area contributed by atoms with E-state index < -0.39 is 23.8 Å². The lowest BCUT2D eigenvalue weighted by Crippen LogP contribution is -2.53. The van der Waals surface area contributed by atoms with Gasteiger partial charge in [0.1, 0.15) is 18.2 Å². The van der Waals surface area contributed by atoms with Crippen molar-refractivity contribution in [2.75, 3.05) is 49.1 Å². The third kappa shape index (κ3) is 6.89. The molecule has 5 aromatic rings. The molecule has 12 nitrogen and oxygen atoms in total. The van der Waals surface area contributed by atoms with Crippen LogP contribution in [0.4, 0.5) is 24.7 Å². The molecule has 2 aromatic heterocycles. The summed E-state index contributed by atoms with van der Waals surface area (Å²) in [7, 11) is 0.